The highest BCUT2D eigenvalue weighted by molar-refractivity contribution is 6.30. The summed E-state index contributed by atoms with van der Waals surface area (Å²) in [7, 11) is 0. The maximum absolute atomic E-state index is 13.5. The third kappa shape index (κ3) is 7.29. The minimum atomic E-state index is -0.519. The average molecular weight is 338 g/mol. The van der Waals surface area contributed by atoms with Gasteiger partial charge in [0, 0.05) is 11.6 Å². The van der Waals surface area contributed by atoms with E-state index in [4.69, 9.17) is 11.6 Å². The molecule has 0 saturated heterocycles. The number of hydrogen-bond donors (Lipinski definition) is 1. The molecular formula is C19H25ClFNO. The number of rotatable bonds is 3. The highest BCUT2D eigenvalue weighted by Gasteiger charge is 2.11. The topological polar surface area (TPSA) is 29.1 Å². The van der Waals surface area contributed by atoms with Crippen molar-refractivity contribution < 1.29 is 9.18 Å². The lowest BCUT2D eigenvalue weighted by Crippen LogP contribution is -2.23. The van der Waals surface area contributed by atoms with Gasteiger partial charge >= 0.3 is 0 Å². The Kier molecular flexibility index (Phi) is 10.7. The zero-order valence-corrected chi connectivity index (χ0v) is 15.2. The second kappa shape index (κ2) is 11.7. The van der Waals surface area contributed by atoms with E-state index in [2.05, 4.69) is 5.32 Å². The summed E-state index contributed by atoms with van der Waals surface area (Å²) in [5.74, 6) is -0.949. The quantitative estimate of drug-likeness (QED) is 0.756. The molecule has 0 atom stereocenters. The maximum Gasteiger partial charge on any atom is 0.254 e. The fourth-order valence-electron chi connectivity index (χ4n) is 1.74. The van der Waals surface area contributed by atoms with Crippen LogP contribution in [0.25, 0.3) is 0 Å². The predicted molar refractivity (Wildman–Crippen MR) is 96.5 cm³/mol. The van der Waals surface area contributed by atoms with Gasteiger partial charge in [0.2, 0.25) is 0 Å². The van der Waals surface area contributed by atoms with Crippen LogP contribution in [0.15, 0.2) is 42.5 Å². The van der Waals surface area contributed by atoms with Crippen LogP contribution in [-0.4, -0.2) is 5.91 Å². The Morgan fingerprint density at radius 2 is 1.74 bits per heavy atom. The summed E-state index contributed by atoms with van der Waals surface area (Å²) in [6.07, 6.45) is 0. The lowest BCUT2D eigenvalue weighted by Gasteiger charge is -2.07. The summed E-state index contributed by atoms with van der Waals surface area (Å²) in [6, 6.07) is 11.6. The first-order chi connectivity index (χ1) is 11.1. The summed E-state index contributed by atoms with van der Waals surface area (Å²) in [5.41, 5.74) is 1.77. The van der Waals surface area contributed by atoms with Gasteiger partial charge in [-0.15, -0.1) is 0 Å². The molecule has 2 aromatic carbocycles. The maximum atomic E-state index is 13.5. The largest absolute Gasteiger partial charge is 0.348 e. The van der Waals surface area contributed by atoms with Gasteiger partial charge in [-0.2, -0.15) is 0 Å². The molecule has 0 heterocycles. The van der Waals surface area contributed by atoms with E-state index in [9.17, 15) is 9.18 Å². The van der Waals surface area contributed by atoms with Crippen molar-refractivity contribution in [2.75, 3.05) is 0 Å². The van der Waals surface area contributed by atoms with Crippen LogP contribution in [0.2, 0.25) is 5.02 Å². The third-order valence-corrected chi connectivity index (χ3v) is 2.94. The van der Waals surface area contributed by atoms with Crippen molar-refractivity contribution in [1.82, 2.24) is 5.32 Å². The number of aryl methyl sites for hydroxylation is 1. The molecule has 4 heteroatoms. The number of nitrogens with one attached hydrogen (secondary N) is 1. The summed E-state index contributed by atoms with van der Waals surface area (Å²) in [6.45, 7) is 10.1. The molecule has 2 nitrogen and oxygen atoms in total. The second-order valence-corrected chi connectivity index (χ2v) is 4.73. The molecule has 0 aromatic heterocycles. The Hall–Kier alpha value is -1.87. The number of carbonyl (C=O) groups is 1. The van der Waals surface area contributed by atoms with E-state index < -0.39 is 11.7 Å². The summed E-state index contributed by atoms with van der Waals surface area (Å²) in [5, 5.41) is 3.28. The molecule has 0 spiro atoms. The SMILES string of the molecule is CC.CC.Cc1ccc(F)c(C(=O)NCc2cccc(Cl)c2)c1. The van der Waals surface area contributed by atoms with Gasteiger partial charge < -0.3 is 5.32 Å². The van der Waals surface area contributed by atoms with Crippen LogP contribution in [0, 0.1) is 12.7 Å². The minimum absolute atomic E-state index is 0.0574. The van der Waals surface area contributed by atoms with Gasteiger partial charge in [0.05, 0.1) is 5.56 Å². The molecule has 2 aromatic rings. The van der Waals surface area contributed by atoms with Crippen LogP contribution in [0.3, 0.4) is 0 Å². The molecule has 0 aliphatic rings. The van der Waals surface area contributed by atoms with Gasteiger partial charge in [-0.3, -0.25) is 4.79 Å². The molecule has 0 radical (unpaired) electrons. The van der Waals surface area contributed by atoms with Gasteiger partial charge in [-0.1, -0.05) is 63.1 Å². The van der Waals surface area contributed by atoms with Crippen molar-refractivity contribution in [3.8, 4) is 0 Å². The summed E-state index contributed by atoms with van der Waals surface area (Å²) in [4.78, 5) is 11.9. The van der Waals surface area contributed by atoms with E-state index in [-0.39, 0.29) is 5.56 Å². The van der Waals surface area contributed by atoms with Crippen LogP contribution in [-0.2, 0) is 6.54 Å². The Morgan fingerprint density at radius 3 is 2.35 bits per heavy atom. The molecule has 1 amide bonds. The third-order valence-electron chi connectivity index (χ3n) is 2.71. The molecule has 0 aliphatic heterocycles. The van der Waals surface area contributed by atoms with Crippen molar-refractivity contribution in [2.24, 2.45) is 0 Å². The fourth-order valence-corrected chi connectivity index (χ4v) is 1.95. The van der Waals surface area contributed by atoms with Crippen LogP contribution in [0.4, 0.5) is 4.39 Å². The number of halogens is 2. The molecule has 1 N–H and O–H groups in total. The lowest BCUT2D eigenvalue weighted by molar-refractivity contribution is 0.0947. The van der Waals surface area contributed by atoms with E-state index in [0.717, 1.165) is 11.1 Å². The Labute approximate surface area is 143 Å². The van der Waals surface area contributed by atoms with Crippen molar-refractivity contribution in [3.63, 3.8) is 0 Å². The highest BCUT2D eigenvalue weighted by Crippen LogP contribution is 2.12. The standard InChI is InChI=1S/C15H13ClFNO.2C2H6/c1-10-5-6-14(17)13(7-10)15(19)18-9-11-3-2-4-12(16)8-11;2*1-2/h2-8H,9H2,1H3,(H,18,19);2*1-2H3. The molecule has 2 rings (SSSR count). The predicted octanol–water partition coefficient (Wildman–Crippen LogP) is 5.77. The second-order valence-electron chi connectivity index (χ2n) is 4.30. The molecular weight excluding hydrogens is 313 g/mol. The van der Waals surface area contributed by atoms with Gasteiger partial charge in [0.15, 0.2) is 0 Å². The number of benzene rings is 2. The number of carbonyl (C=O) groups excluding carboxylic acids is 1. The molecule has 0 bridgehead atoms. The van der Waals surface area contributed by atoms with Crippen LogP contribution in [0.5, 0.6) is 0 Å². The zero-order chi connectivity index (χ0) is 17.8. The van der Waals surface area contributed by atoms with Gasteiger partial charge in [0.25, 0.3) is 5.91 Å². The average Bonchev–Trinajstić information content (AvgIpc) is 2.58. The van der Waals surface area contributed by atoms with Gasteiger partial charge in [0.1, 0.15) is 5.82 Å². The summed E-state index contributed by atoms with van der Waals surface area (Å²) >= 11 is 5.85. The number of amides is 1. The first kappa shape index (κ1) is 21.1. The molecule has 23 heavy (non-hydrogen) atoms. The Balaban J connectivity index is 0.00000112. The molecule has 0 saturated carbocycles. The van der Waals surface area contributed by atoms with Crippen molar-refractivity contribution in [3.05, 3.63) is 70.0 Å². The minimum Gasteiger partial charge on any atom is -0.348 e. The van der Waals surface area contributed by atoms with Crippen molar-refractivity contribution in [2.45, 2.75) is 41.2 Å². The van der Waals surface area contributed by atoms with Gasteiger partial charge in [-0.05, 0) is 36.8 Å². The molecule has 126 valence electrons. The first-order valence-electron chi connectivity index (χ1n) is 7.85. The Bertz CT molecular complexity index is 614. The molecule has 0 unspecified atom stereocenters. The fraction of sp³-hybridized carbons (Fsp3) is 0.316. The van der Waals surface area contributed by atoms with E-state index >= 15 is 0 Å². The molecule has 0 aliphatic carbocycles. The van der Waals surface area contributed by atoms with E-state index in [1.807, 2.05) is 40.7 Å². The van der Waals surface area contributed by atoms with Crippen molar-refractivity contribution >= 4 is 17.5 Å². The highest BCUT2D eigenvalue weighted by atomic mass is 35.5. The van der Waals surface area contributed by atoms with E-state index in [1.165, 1.54) is 12.1 Å². The van der Waals surface area contributed by atoms with Crippen molar-refractivity contribution in [1.29, 1.82) is 0 Å². The van der Waals surface area contributed by atoms with E-state index in [0.29, 0.717) is 11.6 Å². The van der Waals surface area contributed by atoms with Crippen LogP contribution in [0.1, 0.15) is 49.2 Å². The first-order valence-corrected chi connectivity index (χ1v) is 8.23. The van der Waals surface area contributed by atoms with Crippen LogP contribution < -0.4 is 5.32 Å². The Morgan fingerprint density at radius 1 is 1.09 bits per heavy atom. The number of hydrogen-bond acceptors (Lipinski definition) is 1. The van der Waals surface area contributed by atoms with E-state index in [1.54, 1.807) is 24.3 Å². The zero-order valence-electron chi connectivity index (χ0n) is 14.4. The lowest BCUT2D eigenvalue weighted by atomic mass is 10.1. The monoisotopic (exact) mass is 337 g/mol. The van der Waals surface area contributed by atoms with Crippen LogP contribution >= 0.6 is 11.6 Å². The summed E-state index contributed by atoms with van der Waals surface area (Å²) < 4.78 is 13.5. The normalized spacial score (nSPS) is 9.00. The molecule has 0 fully saturated rings. The smallest absolute Gasteiger partial charge is 0.254 e. The van der Waals surface area contributed by atoms with Gasteiger partial charge in [-0.25, -0.2) is 4.39 Å².